The van der Waals surface area contributed by atoms with Crippen molar-refractivity contribution in [3.63, 3.8) is 0 Å². The number of aliphatic carboxylic acids is 1. The van der Waals surface area contributed by atoms with E-state index in [0.717, 1.165) is 11.1 Å². The van der Waals surface area contributed by atoms with Gasteiger partial charge in [0, 0.05) is 22.0 Å². The van der Waals surface area contributed by atoms with Crippen molar-refractivity contribution in [3.05, 3.63) is 69.7 Å². The van der Waals surface area contributed by atoms with Gasteiger partial charge in [-0.05, 0) is 61.6 Å². The Labute approximate surface area is 228 Å². The second-order valence-electron chi connectivity index (χ2n) is 10.5. The molecule has 1 amide bonds. The first-order valence-electron chi connectivity index (χ1n) is 12.2. The maximum Gasteiger partial charge on any atom is 0.305 e. The van der Waals surface area contributed by atoms with Crippen LogP contribution in [0.3, 0.4) is 0 Å². The standard InChI is InChI=1S/C27H34Cl2N2O5S/c1-16(2)23(15-37(35,36)17(3)4)31-25(18-8-10-20(28)11-9-18)22(19-6-5-7-21(29)12-19)13-27(30,26(31)34)14-24(32)33/h5-12,16-17,22-23,25H,13-15,30H2,1-4H3,(H,32,33)/t22-,23-,25?,27+/m1/s1. The van der Waals surface area contributed by atoms with Crippen LogP contribution in [-0.2, 0) is 19.4 Å². The number of benzene rings is 2. The number of carbonyl (C=O) groups is 2. The van der Waals surface area contributed by atoms with E-state index in [1.807, 2.05) is 19.9 Å². The Morgan fingerprint density at radius 3 is 2.22 bits per heavy atom. The molecule has 2 aromatic rings. The van der Waals surface area contributed by atoms with Gasteiger partial charge in [0.05, 0.1) is 23.5 Å². The fourth-order valence-electron chi connectivity index (χ4n) is 5.06. The molecule has 1 heterocycles. The van der Waals surface area contributed by atoms with Crippen LogP contribution in [0.4, 0.5) is 0 Å². The molecule has 0 aromatic heterocycles. The second kappa shape index (κ2) is 11.3. The largest absolute Gasteiger partial charge is 0.481 e. The van der Waals surface area contributed by atoms with E-state index in [1.54, 1.807) is 56.3 Å². The molecule has 0 saturated carbocycles. The van der Waals surface area contributed by atoms with Crippen molar-refractivity contribution in [1.82, 2.24) is 4.90 Å². The second-order valence-corrected chi connectivity index (χ2v) is 14.0. The van der Waals surface area contributed by atoms with Crippen LogP contribution < -0.4 is 5.73 Å². The summed E-state index contributed by atoms with van der Waals surface area (Å²) in [5.74, 6) is -2.78. The number of amides is 1. The van der Waals surface area contributed by atoms with Gasteiger partial charge in [-0.25, -0.2) is 8.42 Å². The number of hydrogen-bond acceptors (Lipinski definition) is 5. The third-order valence-electron chi connectivity index (χ3n) is 7.13. The first kappa shape index (κ1) is 29.4. The number of rotatable bonds is 9. The highest BCUT2D eigenvalue weighted by atomic mass is 35.5. The highest BCUT2D eigenvalue weighted by Gasteiger charge is 2.54. The van der Waals surface area contributed by atoms with E-state index in [-0.39, 0.29) is 18.1 Å². The summed E-state index contributed by atoms with van der Waals surface area (Å²) in [6, 6.07) is 12.8. The molecule has 1 fully saturated rings. The molecular weight excluding hydrogens is 535 g/mol. The van der Waals surface area contributed by atoms with Gasteiger partial charge >= 0.3 is 5.97 Å². The molecule has 0 bridgehead atoms. The third kappa shape index (κ3) is 6.48. The molecule has 1 unspecified atom stereocenters. The summed E-state index contributed by atoms with van der Waals surface area (Å²) >= 11 is 12.5. The van der Waals surface area contributed by atoms with Crippen molar-refractivity contribution in [2.75, 3.05) is 5.75 Å². The van der Waals surface area contributed by atoms with Crippen molar-refractivity contribution < 1.29 is 23.1 Å². The maximum absolute atomic E-state index is 14.2. The number of piperidine rings is 1. The van der Waals surface area contributed by atoms with Crippen LogP contribution in [-0.4, -0.2) is 52.9 Å². The number of nitrogens with two attached hydrogens (primary N) is 1. The summed E-state index contributed by atoms with van der Waals surface area (Å²) in [5, 5.41) is 10.0. The molecule has 2 aromatic carbocycles. The molecular formula is C27H34Cl2N2O5S. The van der Waals surface area contributed by atoms with Crippen LogP contribution in [0, 0.1) is 5.92 Å². The van der Waals surface area contributed by atoms with E-state index in [9.17, 15) is 23.1 Å². The Morgan fingerprint density at radius 1 is 1.08 bits per heavy atom. The van der Waals surface area contributed by atoms with E-state index >= 15 is 0 Å². The van der Waals surface area contributed by atoms with Gasteiger partial charge < -0.3 is 15.7 Å². The van der Waals surface area contributed by atoms with E-state index in [0.29, 0.717) is 10.0 Å². The maximum atomic E-state index is 14.2. The number of carboxylic acid groups (broad SMARTS) is 1. The number of sulfone groups is 1. The van der Waals surface area contributed by atoms with Crippen LogP contribution in [0.2, 0.25) is 10.0 Å². The smallest absolute Gasteiger partial charge is 0.305 e. The van der Waals surface area contributed by atoms with Crippen molar-refractivity contribution in [3.8, 4) is 0 Å². The Balaban J connectivity index is 2.30. The lowest BCUT2D eigenvalue weighted by atomic mass is 9.70. The van der Waals surface area contributed by atoms with Crippen molar-refractivity contribution in [1.29, 1.82) is 0 Å². The lowest BCUT2D eigenvalue weighted by Gasteiger charge is -2.52. The lowest BCUT2D eigenvalue weighted by Crippen LogP contribution is -2.66. The van der Waals surface area contributed by atoms with Gasteiger partial charge in [-0.15, -0.1) is 0 Å². The van der Waals surface area contributed by atoms with E-state index in [1.165, 1.54) is 4.90 Å². The number of carbonyl (C=O) groups excluding carboxylic acids is 1. The van der Waals surface area contributed by atoms with Gasteiger partial charge in [0.25, 0.3) is 0 Å². The highest BCUT2D eigenvalue weighted by molar-refractivity contribution is 7.92. The van der Waals surface area contributed by atoms with Crippen LogP contribution in [0.1, 0.15) is 63.6 Å². The molecule has 1 saturated heterocycles. The fraction of sp³-hybridized carbons (Fsp3) is 0.481. The molecule has 10 heteroatoms. The molecule has 0 spiro atoms. The Hall–Kier alpha value is -2.13. The summed E-state index contributed by atoms with van der Waals surface area (Å²) in [6.07, 6.45) is -0.543. The number of nitrogens with zero attached hydrogens (tertiary/aromatic N) is 1. The minimum absolute atomic E-state index is 0.0456. The minimum atomic E-state index is -3.57. The van der Waals surface area contributed by atoms with Crippen molar-refractivity contribution in [2.24, 2.45) is 11.7 Å². The van der Waals surface area contributed by atoms with Crippen molar-refractivity contribution >= 4 is 44.9 Å². The average Bonchev–Trinajstić information content (AvgIpc) is 2.79. The fourth-order valence-corrected chi connectivity index (χ4v) is 6.79. The summed E-state index contributed by atoms with van der Waals surface area (Å²) in [5.41, 5.74) is 6.39. The summed E-state index contributed by atoms with van der Waals surface area (Å²) in [7, 11) is -3.57. The molecule has 4 atom stereocenters. The molecule has 1 aliphatic rings. The predicted molar refractivity (Wildman–Crippen MR) is 147 cm³/mol. The lowest BCUT2D eigenvalue weighted by molar-refractivity contribution is -0.154. The summed E-state index contributed by atoms with van der Waals surface area (Å²) < 4.78 is 26.2. The van der Waals surface area contributed by atoms with Crippen LogP contribution in [0.25, 0.3) is 0 Å². The zero-order valence-electron chi connectivity index (χ0n) is 21.4. The van der Waals surface area contributed by atoms with Gasteiger partial charge in [0.1, 0.15) is 5.54 Å². The zero-order chi connectivity index (χ0) is 27.7. The predicted octanol–water partition coefficient (Wildman–Crippen LogP) is 5.07. The van der Waals surface area contributed by atoms with E-state index < -0.39 is 56.9 Å². The topological polar surface area (TPSA) is 118 Å². The molecule has 3 N–H and O–H groups in total. The summed E-state index contributed by atoms with van der Waals surface area (Å²) in [6.45, 7) is 6.91. The summed E-state index contributed by atoms with van der Waals surface area (Å²) in [4.78, 5) is 27.6. The minimum Gasteiger partial charge on any atom is -0.481 e. The molecule has 1 aliphatic heterocycles. The molecule has 0 aliphatic carbocycles. The molecule has 37 heavy (non-hydrogen) atoms. The Morgan fingerprint density at radius 2 is 1.70 bits per heavy atom. The van der Waals surface area contributed by atoms with Gasteiger partial charge in [-0.2, -0.15) is 0 Å². The molecule has 7 nitrogen and oxygen atoms in total. The number of carboxylic acids is 1. The van der Waals surface area contributed by atoms with Gasteiger partial charge in [-0.3, -0.25) is 9.59 Å². The van der Waals surface area contributed by atoms with E-state index in [2.05, 4.69) is 0 Å². The highest BCUT2D eigenvalue weighted by Crippen LogP contribution is 2.49. The Kier molecular flexibility index (Phi) is 9.00. The van der Waals surface area contributed by atoms with Crippen LogP contribution in [0.5, 0.6) is 0 Å². The monoisotopic (exact) mass is 568 g/mol. The third-order valence-corrected chi connectivity index (χ3v) is 9.86. The quantitative estimate of drug-likeness (QED) is 0.436. The van der Waals surface area contributed by atoms with Crippen LogP contribution in [0.15, 0.2) is 48.5 Å². The average molecular weight is 570 g/mol. The number of likely N-dealkylation sites (tertiary alicyclic amines) is 1. The number of hydrogen-bond donors (Lipinski definition) is 2. The van der Waals surface area contributed by atoms with Gasteiger partial charge in [0.15, 0.2) is 9.84 Å². The van der Waals surface area contributed by atoms with Gasteiger partial charge in [0.2, 0.25) is 5.91 Å². The SMILES string of the molecule is CC(C)[C@@H](CS(=O)(=O)C(C)C)N1C(=O)[C@@](N)(CC(=O)O)C[C@H](c2cccc(Cl)c2)C1c1ccc(Cl)cc1. The molecule has 0 radical (unpaired) electrons. The molecule has 3 rings (SSSR count). The van der Waals surface area contributed by atoms with E-state index in [4.69, 9.17) is 28.9 Å². The first-order chi connectivity index (χ1) is 17.2. The van der Waals surface area contributed by atoms with Gasteiger partial charge in [-0.1, -0.05) is 61.3 Å². The Bertz CT molecular complexity index is 1250. The van der Waals surface area contributed by atoms with Crippen LogP contribution >= 0.6 is 23.2 Å². The normalized spacial score (nSPS) is 23.5. The van der Waals surface area contributed by atoms with Crippen molar-refractivity contribution in [2.45, 2.75) is 69.3 Å². The number of halogens is 2. The zero-order valence-corrected chi connectivity index (χ0v) is 23.7. The molecule has 202 valence electrons. The first-order valence-corrected chi connectivity index (χ1v) is 14.7.